The highest BCUT2D eigenvalue weighted by Gasteiger charge is 2.06. The maximum absolute atomic E-state index is 12.1. The Bertz CT molecular complexity index is 722. The first kappa shape index (κ1) is 18.7. The van der Waals surface area contributed by atoms with Gasteiger partial charge in [-0.15, -0.1) is 11.8 Å². The van der Waals surface area contributed by atoms with Crippen molar-refractivity contribution in [2.45, 2.75) is 13.3 Å². The molecule has 25 heavy (non-hydrogen) atoms. The van der Waals surface area contributed by atoms with Crippen LogP contribution in [-0.2, 0) is 11.2 Å². The van der Waals surface area contributed by atoms with Crippen LogP contribution < -0.4 is 10.6 Å². The van der Waals surface area contributed by atoms with Crippen LogP contribution in [0.15, 0.2) is 64.0 Å². The lowest BCUT2D eigenvalue weighted by Crippen LogP contribution is -2.26. The summed E-state index contributed by atoms with van der Waals surface area (Å²) < 4.78 is 0. The number of amides is 1. The van der Waals surface area contributed by atoms with Gasteiger partial charge in [0, 0.05) is 60.4 Å². The number of allylic oxidation sites excluding steroid dienone is 1. The third-order valence-corrected chi connectivity index (χ3v) is 4.33. The van der Waals surface area contributed by atoms with Crippen molar-refractivity contribution in [1.82, 2.24) is 15.6 Å². The second-order valence-electron chi connectivity index (χ2n) is 5.24. The molecule has 0 saturated carbocycles. The number of hydrogen-bond acceptors (Lipinski definition) is 6. The van der Waals surface area contributed by atoms with Gasteiger partial charge < -0.3 is 16.0 Å². The Morgan fingerprint density at radius 3 is 3.00 bits per heavy atom. The largest absolute Gasteiger partial charge is 0.352 e. The Balaban J connectivity index is 1.78. The van der Waals surface area contributed by atoms with Crippen LogP contribution >= 0.6 is 11.8 Å². The minimum absolute atomic E-state index is 0.0933. The molecule has 0 saturated heterocycles. The number of aliphatic imine (C=N–C) groups is 1. The Hall–Kier alpha value is -2.67. The van der Waals surface area contributed by atoms with Crippen LogP contribution in [0.5, 0.6) is 0 Å². The smallest absolute Gasteiger partial charge is 0.247 e. The summed E-state index contributed by atoms with van der Waals surface area (Å²) in [6, 6.07) is 5.74. The summed E-state index contributed by atoms with van der Waals surface area (Å²) >= 11 is 1.46. The molecule has 1 aromatic heterocycles. The molecule has 2 heterocycles. The van der Waals surface area contributed by atoms with Crippen molar-refractivity contribution in [3.05, 3.63) is 64.7 Å². The van der Waals surface area contributed by atoms with E-state index in [0.29, 0.717) is 30.1 Å². The van der Waals surface area contributed by atoms with Crippen LogP contribution in [0, 0.1) is 5.41 Å². The third kappa shape index (κ3) is 6.39. The van der Waals surface area contributed by atoms with Crippen molar-refractivity contribution < 1.29 is 4.79 Å². The van der Waals surface area contributed by atoms with Gasteiger partial charge in [0.15, 0.2) is 0 Å². The molecule has 6 nitrogen and oxygen atoms in total. The molecule has 0 atom stereocenters. The molecule has 0 aliphatic carbocycles. The van der Waals surface area contributed by atoms with Crippen molar-refractivity contribution in [3.8, 4) is 0 Å². The number of nitrogens with zero attached hydrogens (tertiary/aromatic N) is 2. The lowest BCUT2D eigenvalue weighted by atomic mass is 10.2. The minimum Gasteiger partial charge on any atom is -0.352 e. The Morgan fingerprint density at radius 2 is 2.32 bits per heavy atom. The number of rotatable bonds is 8. The van der Waals surface area contributed by atoms with Crippen molar-refractivity contribution in [2.24, 2.45) is 4.99 Å². The van der Waals surface area contributed by atoms with Gasteiger partial charge in [-0.25, -0.2) is 4.99 Å². The highest BCUT2D eigenvalue weighted by molar-refractivity contribution is 8.02. The van der Waals surface area contributed by atoms with Gasteiger partial charge in [0.1, 0.15) is 5.82 Å². The van der Waals surface area contributed by atoms with Crippen molar-refractivity contribution in [1.29, 1.82) is 5.41 Å². The van der Waals surface area contributed by atoms with E-state index in [1.165, 1.54) is 18.0 Å². The highest BCUT2D eigenvalue weighted by atomic mass is 32.2. The molecule has 1 aliphatic heterocycles. The predicted molar refractivity (Wildman–Crippen MR) is 104 cm³/mol. The molecule has 0 spiro atoms. The van der Waals surface area contributed by atoms with E-state index in [4.69, 9.17) is 5.41 Å². The van der Waals surface area contributed by atoms with Crippen molar-refractivity contribution >= 4 is 30.1 Å². The lowest BCUT2D eigenvalue weighted by Gasteiger charge is -2.09. The van der Waals surface area contributed by atoms with E-state index in [-0.39, 0.29) is 5.91 Å². The lowest BCUT2D eigenvalue weighted by molar-refractivity contribution is -0.117. The fourth-order valence-corrected chi connectivity index (χ4v) is 2.82. The van der Waals surface area contributed by atoms with E-state index in [9.17, 15) is 4.79 Å². The molecule has 7 heteroatoms. The Kier molecular flexibility index (Phi) is 7.65. The molecule has 0 aromatic carbocycles. The summed E-state index contributed by atoms with van der Waals surface area (Å²) in [6.07, 6.45) is 8.96. The molecule has 0 fully saturated rings. The Morgan fingerprint density at radius 1 is 1.44 bits per heavy atom. The number of thioether (sulfide) groups is 1. The SMILES string of the molecule is C/C(=C\SC/C(C=N)=C1\N=CC=CN1)C(=O)NCCc1ccccn1. The minimum atomic E-state index is -0.0933. The van der Waals surface area contributed by atoms with Gasteiger partial charge in [-0.1, -0.05) is 6.07 Å². The molecule has 0 radical (unpaired) electrons. The third-order valence-electron chi connectivity index (χ3n) is 3.33. The topological polar surface area (TPSA) is 90.2 Å². The number of carbonyl (C=O) groups is 1. The fraction of sp³-hybridized carbons (Fsp3) is 0.222. The molecular formula is C18H21N5OS. The first-order valence-electron chi connectivity index (χ1n) is 7.86. The number of aromatic nitrogens is 1. The summed E-state index contributed by atoms with van der Waals surface area (Å²) in [5.74, 6) is 1.13. The van der Waals surface area contributed by atoms with Crippen LogP contribution in [0.25, 0.3) is 0 Å². The Labute approximate surface area is 151 Å². The second-order valence-corrected chi connectivity index (χ2v) is 6.10. The molecule has 3 N–H and O–H groups in total. The van der Waals surface area contributed by atoms with Crippen LogP contribution in [0.2, 0.25) is 0 Å². The molecule has 0 unspecified atom stereocenters. The van der Waals surface area contributed by atoms with E-state index in [0.717, 1.165) is 11.3 Å². The maximum Gasteiger partial charge on any atom is 0.247 e. The number of nitrogens with one attached hydrogen (secondary N) is 3. The van der Waals surface area contributed by atoms with E-state index >= 15 is 0 Å². The molecule has 1 aliphatic rings. The van der Waals surface area contributed by atoms with Gasteiger partial charge in [-0.2, -0.15) is 0 Å². The summed E-state index contributed by atoms with van der Waals surface area (Å²) in [5.41, 5.74) is 2.36. The van der Waals surface area contributed by atoms with Gasteiger partial charge in [0.25, 0.3) is 0 Å². The molecule has 2 rings (SSSR count). The van der Waals surface area contributed by atoms with E-state index < -0.39 is 0 Å². The molecule has 1 aromatic rings. The van der Waals surface area contributed by atoms with E-state index in [2.05, 4.69) is 20.6 Å². The average Bonchev–Trinajstić information content (AvgIpc) is 2.66. The molecule has 1 amide bonds. The van der Waals surface area contributed by atoms with Crippen molar-refractivity contribution in [3.63, 3.8) is 0 Å². The van der Waals surface area contributed by atoms with Gasteiger partial charge in [-0.05, 0) is 30.5 Å². The second kappa shape index (κ2) is 10.2. The molecular weight excluding hydrogens is 334 g/mol. The number of carbonyl (C=O) groups excluding carboxylic acids is 1. The zero-order chi connectivity index (χ0) is 17.9. The number of pyridine rings is 1. The fourth-order valence-electron chi connectivity index (χ4n) is 1.98. The summed E-state index contributed by atoms with van der Waals surface area (Å²) in [7, 11) is 0. The van der Waals surface area contributed by atoms with Crippen LogP contribution in [0.4, 0.5) is 0 Å². The number of hydrogen-bond donors (Lipinski definition) is 3. The maximum atomic E-state index is 12.1. The van der Waals surface area contributed by atoms with E-state index in [1.807, 2.05) is 23.6 Å². The van der Waals surface area contributed by atoms with Crippen LogP contribution in [0.1, 0.15) is 12.6 Å². The molecule has 130 valence electrons. The van der Waals surface area contributed by atoms with Crippen LogP contribution in [0.3, 0.4) is 0 Å². The van der Waals surface area contributed by atoms with Gasteiger partial charge >= 0.3 is 0 Å². The highest BCUT2D eigenvalue weighted by Crippen LogP contribution is 2.14. The quantitative estimate of drug-likeness (QED) is 0.493. The van der Waals surface area contributed by atoms with Gasteiger partial charge in [0.05, 0.1) is 0 Å². The normalized spacial score (nSPS) is 15.5. The monoisotopic (exact) mass is 355 g/mol. The first-order valence-corrected chi connectivity index (χ1v) is 8.91. The van der Waals surface area contributed by atoms with Gasteiger partial charge in [0.2, 0.25) is 5.91 Å². The molecule has 0 bridgehead atoms. The van der Waals surface area contributed by atoms with Crippen LogP contribution in [-0.4, -0.2) is 35.6 Å². The van der Waals surface area contributed by atoms with E-state index in [1.54, 1.807) is 31.6 Å². The average molecular weight is 355 g/mol. The summed E-state index contributed by atoms with van der Waals surface area (Å²) in [6.45, 7) is 2.33. The van der Waals surface area contributed by atoms with Crippen molar-refractivity contribution in [2.75, 3.05) is 12.3 Å². The van der Waals surface area contributed by atoms with Gasteiger partial charge in [-0.3, -0.25) is 9.78 Å². The standard InChI is InChI=1S/C18H21N5OS/c1-14(18(24)23-10-6-16-5-2-3-7-20-16)12-25-13-15(11-19)17-21-8-4-9-22-17/h2-5,7-9,11-12,19,21H,6,10,13H2,1H3,(H,23,24)/b14-12+,17-15-,19-11?. The zero-order valence-electron chi connectivity index (χ0n) is 14.0. The zero-order valence-corrected chi connectivity index (χ0v) is 14.8. The first-order chi connectivity index (χ1) is 12.2. The predicted octanol–water partition coefficient (Wildman–Crippen LogP) is 2.43. The summed E-state index contributed by atoms with van der Waals surface area (Å²) in [4.78, 5) is 20.5. The summed E-state index contributed by atoms with van der Waals surface area (Å²) in [5, 5.41) is 15.2.